The van der Waals surface area contributed by atoms with Crippen molar-refractivity contribution in [3.8, 4) is 0 Å². The molecule has 19 heavy (non-hydrogen) atoms. The van der Waals surface area contributed by atoms with Crippen molar-refractivity contribution in [2.24, 2.45) is 0 Å². The zero-order valence-corrected chi connectivity index (χ0v) is 15.7. The van der Waals surface area contributed by atoms with Gasteiger partial charge in [0.1, 0.15) is 0 Å². The fourth-order valence-electron chi connectivity index (χ4n) is 1.87. The fourth-order valence-corrected chi connectivity index (χ4v) is 5.67. The molecule has 0 amide bonds. The molecule has 2 heterocycles. The second-order valence-electron chi connectivity index (χ2n) is 4.37. The zero-order valence-electron chi connectivity index (χ0n) is 10.9. The van der Waals surface area contributed by atoms with Gasteiger partial charge in [-0.1, -0.05) is 6.92 Å². The smallest absolute Gasteiger partial charge is 0.0947 e. The molecule has 1 N–H and O–H groups in total. The molecule has 0 radical (unpaired) electrons. The van der Waals surface area contributed by atoms with E-state index in [4.69, 9.17) is 0 Å². The number of aromatic nitrogens is 1. The molecule has 2 nitrogen and oxygen atoms in total. The van der Waals surface area contributed by atoms with Gasteiger partial charge in [0, 0.05) is 23.5 Å². The zero-order chi connectivity index (χ0) is 13.8. The van der Waals surface area contributed by atoms with Gasteiger partial charge in [-0.3, -0.25) is 0 Å². The molecule has 104 valence electrons. The number of hydrogen-bond donors (Lipinski definition) is 1. The third kappa shape index (κ3) is 4.36. The lowest BCUT2D eigenvalue weighted by molar-refractivity contribution is 0.528. The highest BCUT2D eigenvalue weighted by Crippen LogP contribution is 2.36. The van der Waals surface area contributed by atoms with E-state index >= 15 is 0 Å². The molecular formula is C13H16Br2N2S2. The molecule has 0 spiro atoms. The Balaban J connectivity index is 2.18. The summed E-state index contributed by atoms with van der Waals surface area (Å²) in [7, 11) is 0. The van der Waals surface area contributed by atoms with E-state index in [0.717, 1.165) is 28.9 Å². The minimum Gasteiger partial charge on any atom is -0.310 e. The van der Waals surface area contributed by atoms with Crippen LogP contribution >= 0.6 is 54.5 Å². The summed E-state index contributed by atoms with van der Waals surface area (Å²) in [6.07, 6.45) is 2.08. The summed E-state index contributed by atoms with van der Waals surface area (Å²) in [5.41, 5.74) is 2.43. The van der Waals surface area contributed by atoms with Gasteiger partial charge in [-0.25, -0.2) is 4.98 Å². The van der Waals surface area contributed by atoms with Crippen LogP contribution in [0.2, 0.25) is 0 Å². The van der Waals surface area contributed by atoms with Crippen LogP contribution in [0.4, 0.5) is 0 Å². The molecule has 2 aromatic rings. The largest absolute Gasteiger partial charge is 0.310 e. The van der Waals surface area contributed by atoms with Crippen LogP contribution in [0.5, 0.6) is 0 Å². The Morgan fingerprint density at radius 1 is 1.42 bits per heavy atom. The van der Waals surface area contributed by atoms with Crippen LogP contribution < -0.4 is 5.32 Å². The minimum absolute atomic E-state index is 0.322. The molecule has 0 aromatic carbocycles. The summed E-state index contributed by atoms with van der Waals surface area (Å²) < 4.78 is 2.36. The van der Waals surface area contributed by atoms with E-state index in [-0.39, 0.29) is 0 Å². The molecule has 1 atom stereocenters. The fraction of sp³-hybridized carbons (Fsp3) is 0.462. The first-order valence-corrected chi connectivity index (χ1v) is 9.47. The molecule has 0 saturated heterocycles. The number of halogens is 2. The van der Waals surface area contributed by atoms with Gasteiger partial charge in [-0.05, 0) is 63.4 Å². The van der Waals surface area contributed by atoms with Crippen molar-refractivity contribution in [3.05, 3.63) is 35.3 Å². The van der Waals surface area contributed by atoms with Gasteiger partial charge in [0.15, 0.2) is 0 Å². The van der Waals surface area contributed by atoms with E-state index < -0.39 is 0 Å². The topological polar surface area (TPSA) is 24.9 Å². The lowest BCUT2D eigenvalue weighted by atomic mass is 10.1. The Kier molecular flexibility index (Phi) is 6.02. The Morgan fingerprint density at radius 2 is 2.21 bits per heavy atom. The Morgan fingerprint density at radius 3 is 2.74 bits per heavy atom. The number of aryl methyl sites for hydroxylation is 1. The molecule has 1 unspecified atom stereocenters. The van der Waals surface area contributed by atoms with Gasteiger partial charge < -0.3 is 5.32 Å². The quantitative estimate of drug-likeness (QED) is 0.679. The Labute approximate surface area is 138 Å². The standard InChI is InChI=1S/C13H16Br2N2S2/c1-3-4-16-10(6-12-17-8(2)7-18-12)9-5-11(14)19-13(9)15/h5,7,10,16H,3-4,6H2,1-2H3. The summed E-state index contributed by atoms with van der Waals surface area (Å²) in [5.74, 6) is 0. The summed E-state index contributed by atoms with van der Waals surface area (Å²) in [6.45, 7) is 5.26. The lowest BCUT2D eigenvalue weighted by Gasteiger charge is -2.17. The number of thiazole rings is 1. The highest BCUT2D eigenvalue weighted by atomic mass is 79.9. The number of nitrogens with one attached hydrogen (secondary N) is 1. The summed E-state index contributed by atoms with van der Waals surface area (Å²) >= 11 is 10.7. The number of nitrogens with zero attached hydrogens (tertiary/aromatic N) is 1. The van der Waals surface area contributed by atoms with Crippen LogP contribution in [0.15, 0.2) is 19.0 Å². The molecule has 2 rings (SSSR count). The molecule has 6 heteroatoms. The molecule has 0 saturated carbocycles. The predicted molar refractivity (Wildman–Crippen MR) is 91.3 cm³/mol. The van der Waals surface area contributed by atoms with Crippen LogP contribution in [0.1, 0.15) is 35.7 Å². The van der Waals surface area contributed by atoms with Gasteiger partial charge in [0.2, 0.25) is 0 Å². The van der Waals surface area contributed by atoms with Gasteiger partial charge in [0.05, 0.1) is 12.6 Å². The first-order valence-electron chi connectivity index (χ1n) is 6.19. The molecule has 2 aromatic heterocycles. The maximum Gasteiger partial charge on any atom is 0.0947 e. The molecule has 0 fully saturated rings. The van der Waals surface area contributed by atoms with Crippen LogP contribution in [0, 0.1) is 6.92 Å². The van der Waals surface area contributed by atoms with Crippen LogP contribution in [0.25, 0.3) is 0 Å². The van der Waals surface area contributed by atoms with E-state index in [2.05, 4.69) is 60.5 Å². The number of rotatable bonds is 6. The average molecular weight is 424 g/mol. The van der Waals surface area contributed by atoms with Crippen molar-refractivity contribution in [2.45, 2.75) is 32.7 Å². The van der Waals surface area contributed by atoms with Gasteiger partial charge in [0.25, 0.3) is 0 Å². The van der Waals surface area contributed by atoms with E-state index in [0.29, 0.717) is 6.04 Å². The molecule has 0 aliphatic carbocycles. The number of hydrogen-bond acceptors (Lipinski definition) is 4. The minimum atomic E-state index is 0.322. The van der Waals surface area contributed by atoms with Crippen molar-refractivity contribution >= 4 is 54.5 Å². The second-order valence-corrected chi connectivity index (χ2v) is 9.07. The Hall–Kier alpha value is 0.250. The van der Waals surface area contributed by atoms with Crippen LogP contribution in [-0.4, -0.2) is 11.5 Å². The van der Waals surface area contributed by atoms with Crippen molar-refractivity contribution in [1.82, 2.24) is 10.3 Å². The maximum atomic E-state index is 4.58. The summed E-state index contributed by atoms with van der Waals surface area (Å²) in [4.78, 5) is 4.58. The molecular weight excluding hydrogens is 408 g/mol. The average Bonchev–Trinajstić information content (AvgIpc) is 2.91. The van der Waals surface area contributed by atoms with Crippen molar-refractivity contribution in [3.63, 3.8) is 0 Å². The summed E-state index contributed by atoms with van der Waals surface area (Å²) in [5, 5.41) is 6.93. The monoisotopic (exact) mass is 422 g/mol. The van der Waals surface area contributed by atoms with Crippen LogP contribution in [0.3, 0.4) is 0 Å². The molecule has 0 bridgehead atoms. The van der Waals surface area contributed by atoms with E-state index in [1.54, 1.807) is 22.7 Å². The SMILES string of the molecule is CCCNC(Cc1nc(C)cs1)c1cc(Br)sc1Br. The second kappa shape index (κ2) is 7.31. The van der Waals surface area contributed by atoms with Gasteiger partial charge in [-0.15, -0.1) is 22.7 Å². The maximum absolute atomic E-state index is 4.58. The normalized spacial score (nSPS) is 12.8. The third-order valence-electron chi connectivity index (χ3n) is 2.74. The van der Waals surface area contributed by atoms with Crippen molar-refractivity contribution in [1.29, 1.82) is 0 Å². The van der Waals surface area contributed by atoms with Crippen molar-refractivity contribution < 1.29 is 0 Å². The first kappa shape index (κ1) is 15.6. The van der Waals surface area contributed by atoms with E-state index in [1.165, 1.54) is 14.4 Å². The summed E-state index contributed by atoms with van der Waals surface area (Å²) in [6, 6.07) is 2.52. The predicted octanol–water partition coefficient (Wildman–Crippen LogP) is 5.32. The first-order chi connectivity index (χ1) is 9.10. The van der Waals surface area contributed by atoms with E-state index in [1.807, 2.05) is 6.92 Å². The van der Waals surface area contributed by atoms with E-state index in [9.17, 15) is 0 Å². The number of thiophene rings is 1. The van der Waals surface area contributed by atoms with Crippen LogP contribution in [-0.2, 0) is 6.42 Å². The lowest BCUT2D eigenvalue weighted by Crippen LogP contribution is -2.24. The van der Waals surface area contributed by atoms with Gasteiger partial charge >= 0.3 is 0 Å². The molecule has 0 aliphatic rings. The highest BCUT2D eigenvalue weighted by Gasteiger charge is 2.18. The highest BCUT2D eigenvalue weighted by molar-refractivity contribution is 9.12. The third-order valence-corrected chi connectivity index (χ3v) is 6.12. The van der Waals surface area contributed by atoms with Gasteiger partial charge in [-0.2, -0.15) is 0 Å². The van der Waals surface area contributed by atoms with Crippen molar-refractivity contribution in [2.75, 3.05) is 6.54 Å². The molecule has 0 aliphatic heterocycles. The Bertz CT molecular complexity index is 536.